The Kier molecular flexibility index (Phi) is 9.48. The maximum absolute atomic E-state index is 5.58. The highest BCUT2D eigenvalue weighted by molar-refractivity contribution is 4.65. The van der Waals surface area contributed by atoms with Crippen LogP contribution in [0.15, 0.2) is 0 Å². The molecule has 1 rings (SSSR count). The van der Waals surface area contributed by atoms with E-state index in [2.05, 4.69) is 23.6 Å². The summed E-state index contributed by atoms with van der Waals surface area (Å²) < 4.78 is 10.9. The minimum absolute atomic E-state index is 0.872. The molecule has 1 fully saturated rings. The second-order valence-electron chi connectivity index (χ2n) is 4.91. The Labute approximate surface area is 112 Å². The molecule has 0 radical (unpaired) electrons. The molecule has 18 heavy (non-hydrogen) atoms. The maximum atomic E-state index is 5.58. The second-order valence-corrected chi connectivity index (χ2v) is 4.91. The molecule has 0 unspecified atom stereocenters. The fourth-order valence-electron chi connectivity index (χ4n) is 2.20. The predicted molar refractivity (Wildman–Crippen MR) is 75.1 cm³/mol. The Morgan fingerprint density at radius 3 is 2.44 bits per heavy atom. The van der Waals surface area contributed by atoms with Crippen LogP contribution in [-0.4, -0.2) is 75.5 Å². The van der Waals surface area contributed by atoms with Crippen LogP contribution in [0.2, 0.25) is 0 Å². The smallest absolute Gasteiger partial charge is 0.0594 e. The highest BCUT2D eigenvalue weighted by Gasteiger charge is 2.11. The molecule has 0 N–H and O–H groups in total. The predicted octanol–water partition coefficient (Wildman–Crippen LogP) is 1.46. The number of rotatable bonds is 10. The first kappa shape index (κ1) is 15.9. The third-order valence-electron chi connectivity index (χ3n) is 3.28. The number of hydrogen-bond donors (Lipinski definition) is 0. The van der Waals surface area contributed by atoms with Crippen molar-refractivity contribution in [2.75, 3.05) is 65.7 Å². The van der Waals surface area contributed by atoms with Crippen LogP contribution in [-0.2, 0) is 9.47 Å². The van der Waals surface area contributed by atoms with E-state index < -0.39 is 0 Å². The lowest BCUT2D eigenvalue weighted by Gasteiger charge is -2.29. The fraction of sp³-hybridized carbons (Fsp3) is 1.00. The second kappa shape index (κ2) is 10.7. The van der Waals surface area contributed by atoms with Crippen molar-refractivity contribution in [3.8, 4) is 0 Å². The van der Waals surface area contributed by atoms with Gasteiger partial charge in [0.2, 0.25) is 0 Å². The largest absolute Gasteiger partial charge is 0.380 e. The highest BCUT2D eigenvalue weighted by atomic mass is 16.5. The van der Waals surface area contributed by atoms with E-state index in [1.165, 1.54) is 13.0 Å². The summed E-state index contributed by atoms with van der Waals surface area (Å²) in [5.41, 5.74) is 0. The van der Waals surface area contributed by atoms with Crippen LogP contribution in [0.4, 0.5) is 0 Å². The molecule has 0 aliphatic carbocycles. The lowest BCUT2D eigenvalue weighted by atomic mass is 10.3. The summed E-state index contributed by atoms with van der Waals surface area (Å²) in [6.07, 6.45) is 2.33. The van der Waals surface area contributed by atoms with Gasteiger partial charge in [-0.05, 0) is 19.4 Å². The summed E-state index contributed by atoms with van der Waals surface area (Å²) in [6.45, 7) is 14.7. The number of nitrogens with zero attached hydrogens (tertiary/aromatic N) is 2. The molecule has 0 saturated carbocycles. The van der Waals surface area contributed by atoms with Gasteiger partial charge in [-0.1, -0.05) is 13.8 Å². The van der Waals surface area contributed by atoms with Crippen molar-refractivity contribution in [3.05, 3.63) is 0 Å². The van der Waals surface area contributed by atoms with Gasteiger partial charge < -0.3 is 9.47 Å². The average Bonchev–Trinajstić information content (AvgIpc) is 2.42. The van der Waals surface area contributed by atoms with E-state index in [-0.39, 0.29) is 0 Å². The topological polar surface area (TPSA) is 24.9 Å². The van der Waals surface area contributed by atoms with E-state index in [4.69, 9.17) is 9.47 Å². The molecule has 0 bridgehead atoms. The molecule has 4 nitrogen and oxygen atoms in total. The minimum atomic E-state index is 0.872. The molecule has 0 amide bonds. The Balaban J connectivity index is 2.11. The van der Waals surface area contributed by atoms with Gasteiger partial charge in [0.25, 0.3) is 0 Å². The van der Waals surface area contributed by atoms with E-state index in [0.717, 1.165) is 65.6 Å². The molecule has 108 valence electrons. The third kappa shape index (κ3) is 7.31. The molecule has 1 saturated heterocycles. The van der Waals surface area contributed by atoms with Gasteiger partial charge in [0.1, 0.15) is 0 Å². The van der Waals surface area contributed by atoms with Crippen molar-refractivity contribution in [2.45, 2.75) is 26.7 Å². The molecule has 0 spiro atoms. The van der Waals surface area contributed by atoms with Gasteiger partial charge in [0, 0.05) is 39.3 Å². The summed E-state index contributed by atoms with van der Waals surface area (Å²) >= 11 is 0. The monoisotopic (exact) mass is 258 g/mol. The molecular weight excluding hydrogens is 228 g/mol. The van der Waals surface area contributed by atoms with E-state index in [0.29, 0.717) is 0 Å². The van der Waals surface area contributed by atoms with Gasteiger partial charge in [-0.2, -0.15) is 0 Å². The van der Waals surface area contributed by atoms with Crippen LogP contribution in [0, 0.1) is 0 Å². The van der Waals surface area contributed by atoms with Crippen molar-refractivity contribution in [3.63, 3.8) is 0 Å². The van der Waals surface area contributed by atoms with E-state index in [1.54, 1.807) is 0 Å². The molecule has 0 aromatic heterocycles. The lowest BCUT2D eigenvalue weighted by molar-refractivity contribution is 0.0309. The van der Waals surface area contributed by atoms with E-state index in [9.17, 15) is 0 Å². The van der Waals surface area contributed by atoms with Crippen molar-refractivity contribution in [2.24, 2.45) is 0 Å². The zero-order chi connectivity index (χ0) is 13.1. The van der Waals surface area contributed by atoms with E-state index >= 15 is 0 Å². The van der Waals surface area contributed by atoms with Gasteiger partial charge in [-0.25, -0.2) is 0 Å². The first-order valence-corrected chi connectivity index (χ1v) is 7.47. The number of ether oxygens (including phenoxy) is 2. The van der Waals surface area contributed by atoms with Gasteiger partial charge in [-0.3, -0.25) is 9.80 Å². The highest BCUT2D eigenvalue weighted by Crippen LogP contribution is 1.99. The van der Waals surface area contributed by atoms with Crippen LogP contribution in [0.1, 0.15) is 26.7 Å². The Morgan fingerprint density at radius 2 is 1.78 bits per heavy atom. The SMILES string of the molecule is CCCOCCN(CCC)CCN1CCOCC1. The number of hydrogen-bond acceptors (Lipinski definition) is 4. The van der Waals surface area contributed by atoms with Gasteiger partial charge in [-0.15, -0.1) is 0 Å². The summed E-state index contributed by atoms with van der Waals surface area (Å²) in [5.74, 6) is 0. The van der Waals surface area contributed by atoms with Gasteiger partial charge in [0.05, 0.1) is 19.8 Å². The zero-order valence-corrected chi connectivity index (χ0v) is 12.2. The van der Waals surface area contributed by atoms with Crippen LogP contribution in [0.3, 0.4) is 0 Å². The molecule has 0 aromatic carbocycles. The summed E-state index contributed by atoms with van der Waals surface area (Å²) in [5, 5.41) is 0. The van der Waals surface area contributed by atoms with E-state index in [1.807, 2.05) is 0 Å². The average molecular weight is 258 g/mol. The quantitative estimate of drug-likeness (QED) is 0.554. The van der Waals surface area contributed by atoms with Crippen LogP contribution in [0.25, 0.3) is 0 Å². The summed E-state index contributed by atoms with van der Waals surface area (Å²) in [6, 6.07) is 0. The molecular formula is C14H30N2O2. The van der Waals surface area contributed by atoms with Crippen molar-refractivity contribution < 1.29 is 9.47 Å². The first-order chi connectivity index (χ1) is 8.86. The zero-order valence-electron chi connectivity index (χ0n) is 12.2. The van der Waals surface area contributed by atoms with Crippen LogP contribution in [0.5, 0.6) is 0 Å². The summed E-state index contributed by atoms with van der Waals surface area (Å²) in [7, 11) is 0. The van der Waals surface area contributed by atoms with Crippen LogP contribution < -0.4 is 0 Å². The molecule has 1 aliphatic heterocycles. The first-order valence-electron chi connectivity index (χ1n) is 7.47. The number of morpholine rings is 1. The van der Waals surface area contributed by atoms with Gasteiger partial charge >= 0.3 is 0 Å². The van der Waals surface area contributed by atoms with Crippen molar-refractivity contribution in [1.29, 1.82) is 0 Å². The van der Waals surface area contributed by atoms with Crippen molar-refractivity contribution >= 4 is 0 Å². The Hall–Kier alpha value is -0.160. The maximum Gasteiger partial charge on any atom is 0.0594 e. The standard InChI is InChI=1S/C14H30N2O2/c1-3-5-15(8-12-17-11-4-2)6-7-16-9-13-18-14-10-16/h3-14H2,1-2H3. The minimum Gasteiger partial charge on any atom is -0.380 e. The third-order valence-corrected chi connectivity index (χ3v) is 3.28. The Bertz CT molecular complexity index is 185. The molecule has 4 heteroatoms. The molecule has 1 heterocycles. The lowest BCUT2D eigenvalue weighted by Crippen LogP contribution is -2.42. The fourth-order valence-corrected chi connectivity index (χ4v) is 2.20. The normalized spacial score (nSPS) is 17.5. The molecule has 0 aromatic rings. The van der Waals surface area contributed by atoms with Crippen molar-refractivity contribution in [1.82, 2.24) is 9.80 Å². The summed E-state index contributed by atoms with van der Waals surface area (Å²) in [4.78, 5) is 5.02. The Morgan fingerprint density at radius 1 is 1.00 bits per heavy atom. The van der Waals surface area contributed by atoms with Gasteiger partial charge in [0.15, 0.2) is 0 Å². The molecule has 0 atom stereocenters. The molecule has 1 aliphatic rings. The van der Waals surface area contributed by atoms with Crippen LogP contribution >= 0.6 is 0 Å².